The lowest BCUT2D eigenvalue weighted by Crippen LogP contribution is -2.19. The van der Waals surface area contributed by atoms with Gasteiger partial charge in [-0.3, -0.25) is 9.69 Å². The molecular formula is C25H30N2O4. The number of aryl methyl sites for hydroxylation is 1. The molecule has 1 aromatic heterocycles. The summed E-state index contributed by atoms with van der Waals surface area (Å²) in [6.07, 6.45) is 3.35. The number of fused-ring (bicyclic) bond motifs is 2. The molecule has 4 rings (SSSR count). The van der Waals surface area contributed by atoms with Crippen LogP contribution in [0.5, 0.6) is 11.5 Å². The average molecular weight is 423 g/mol. The van der Waals surface area contributed by atoms with Crippen LogP contribution in [0.25, 0.3) is 11.0 Å². The summed E-state index contributed by atoms with van der Waals surface area (Å²) < 4.78 is 17.6. The first-order valence-electron chi connectivity index (χ1n) is 11.0. The zero-order valence-electron chi connectivity index (χ0n) is 18.3. The van der Waals surface area contributed by atoms with E-state index >= 15 is 0 Å². The van der Waals surface area contributed by atoms with Crippen molar-refractivity contribution in [3.63, 3.8) is 0 Å². The van der Waals surface area contributed by atoms with Crippen LogP contribution in [-0.4, -0.2) is 37.6 Å². The highest BCUT2D eigenvalue weighted by Gasteiger charge is 2.15. The molecule has 6 heteroatoms. The average Bonchev–Trinajstić information content (AvgIpc) is 3.16. The number of carbonyl (C=O) groups excluding carboxylic acids is 1. The Labute approximate surface area is 183 Å². The van der Waals surface area contributed by atoms with Gasteiger partial charge in [-0.2, -0.15) is 0 Å². The van der Waals surface area contributed by atoms with Crippen LogP contribution < -0.4 is 14.8 Å². The second kappa shape index (κ2) is 9.88. The van der Waals surface area contributed by atoms with Crippen LogP contribution in [0, 0.1) is 0 Å². The van der Waals surface area contributed by atoms with Crippen molar-refractivity contribution >= 4 is 22.6 Å². The van der Waals surface area contributed by atoms with Crippen molar-refractivity contribution in [3.8, 4) is 11.5 Å². The van der Waals surface area contributed by atoms with Gasteiger partial charge >= 0.3 is 0 Å². The molecule has 0 unspecified atom stereocenters. The van der Waals surface area contributed by atoms with Crippen LogP contribution in [0.15, 0.2) is 46.9 Å². The van der Waals surface area contributed by atoms with E-state index in [0.717, 1.165) is 66.3 Å². The first-order valence-corrected chi connectivity index (χ1v) is 11.0. The predicted molar refractivity (Wildman–Crippen MR) is 122 cm³/mol. The number of amides is 1. The van der Waals surface area contributed by atoms with Gasteiger partial charge in [0.05, 0.1) is 19.8 Å². The molecule has 1 aliphatic rings. The van der Waals surface area contributed by atoms with Gasteiger partial charge in [0, 0.05) is 23.6 Å². The third kappa shape index (κ3) is 5.39. The molecule has 0 bridgehead atoms. The lowest BCUT2D eigenvalue weighted by Gasteiger charge is -2.18. The van der Waals surface area contributed by atoms with Gasteiger partial charge in [0.2, 0.25) is 5.91 Å². The second-order valence-corrected chi connectivity index (χ2v) is 7.98. The Morgan fingerprint density at radius 3 is 2.87 bits per heavy atom. The lowest BCUT2D eigenvalue weighted by atomic mass is 10.0. The number of carbonyl (C=O) groups is 1. The van der Waals surface area contributed by atoms with Crippen molar-refractivity contribution in [1.29, 1.82) is 0 Å². The maximum absolute atomic E-state index is 11.6. The van der Waals surface area contributed by atoms with Crippen LogP contribution in [-0.2, 0) is 17.8 Å². The second-order valence-electron chi connectivity index (χ2n) is 7.98. The van der Waals surface area contributed by atoms with Gasteiger partial charge in [-0.05, 0) is 63.5 Å². The fourth-order valence-electron chi connectivity index (χ4n) is 3.90. The molecule has 31 heavy (non-hydrogen) atoms. The summed E-state index contributed by atoms with van der Waals surface area (Å²) in [6, 6.07) is 14.0. The van der Waals surface area contributed by atoms with Crippen LogP contribution >= 0.6 is 0 Å². The Morgan fingerprint density at radius 1 is 1.10 bits per heavy atom. The molecule has 2 aromatic carbocycles. The van der Waals surface area contributed by atoms with E-state index in [9.17, 15) is 4.79 Å². The minimum Gasteiger partial charge on any atom is -0.494 e. The van der Waals surface area contributed by atoms with E-state index in [0.29, 0.717) is 19.6 Å². The standard InChI is InChI=1S/C25H30N2O4/c1-3-29-23-8-6-7-19-15-21(31-25(19)23)17-27(2)13-4-5-14-30-20-11-9-18-10-12-24(28)26-22(18)16-20/h6-9,11,15-16H,3-5,10,12-14,17H2,1-2H3,(H,26,28). The number of benzene rings is 2. The van der Waals surface area contributed by atoms with Crippen molar-refractivity contribution in [2.24, 2.45) is 0 Å². The first kappa shape index (κ1) is 21.2. The van der Waals surface area contributed by atoms with Crippen LogP contribution in [0.2, 0.25) is 0 Å². The number of hydrogen-bond donors (Lipinski definition) is 1. The quantitative estimate of drug-likeness (QED) is 0.466. The molecule has 6 nitrogen and oxygen atoms in total. The molecule has 0 saturated heterocycles. The number of ether oxygens (including phenoxy) is 2. The van der Waals surface area contributed by atoms with E-state index in [1.165, 1.54) is 5.56 Å². The van der Waals surface area contributed by atoms with Gasteiger partial charge in [-0.1, -0.05) is 18.2 Å². The number of nitrogens with zero attached hydrogens (tertiary/aromatic N) is 1. The highest BCUT2D eigenvalue weighted by atomic mass is 16.5. The largest absolute Gasteiger partial charge is 0.494 e. The van der Waals surface area contributed by atoms with Crippen molar-refractivity contribution < 1.29 is 18.7 Å². The molecule has 164 valence electrons. The van der Waals surface area contributed by atoms with E-state index in [2.05, 4.69) is 23.3 Å². The van der Waals surface area contributed by atoms with Gasteiger partial charge in [0.1, 0.15) is 11.5 Å². The topological polar surface area (TPSA) is 63.9 Å². The molecule has 1 aliphatic heterocycles. The van der Waals surface area contributed by atoms with Gasteiger partial charge in [-0.15, -0.1) is 0 Å². The fraction of sp³-hybridized carbons (Fsp3) is 0.400. The molecule has 1 N–H and O–H groups in total. The number of furan rings is 1. The Bertz CT molecular complexity index is 1040. The molecule has 2 heterocycles. The van der Waals surface area contributed by atoms with Gasteiger partial charge < -0.3 is 19.2 Å². The van der Waals surface area contributed by atoms with Crippen molar-refractivity contribution in [2.75, 3.05) is 32.1 Å². The Kier molecular flexibility index (Phi) is 6.77. The number of para-hydroxylation sites is 1. The number of anilines is 1. The lowest BCUT2D eigenvalue weighted by molar-refractivity contribution is -0.116. The summed E-state index contributed by atoms with van der Waals surface area (Å²) in [5.74, 6) is 2.62. The normalized spacial score (nSPS) is 13.3. The summed E-state index contributed by atoms with van der Waals surface area (Å²) in [4.78, 5) is 13.8. The van der Waals surface area contributed by atoms with Crippen LogP contribution in [0.4, 0.5) is 5.69 Å². The van der Waals surface area contributed by atoms with Crippen molar-refractivity contribution in [3.05, 3.63) is 53.8 Å². The van der Waals surface area contributed by atoms with Crippen molar-refractivity contribution in [1.82, 2.24) is 4.90 Å². The molecule has 3 aromatic rings. The molecule has 0 radical (unpaired) electrons. The summed E-state index contributed by atoms with van der Waals surface area (Å²) in [6.45, 7) is 4.97. The zero-order chi connectivity index (χ0) is 21.6. The van der Waals surface area contributed by atoms with Crippen molar-refractivity contribution in [2.45, 2.75) is 39.2 Å². The van der Waals surface area contributed by atoms with E-state index in [-0.39, 0.29) is 5.91 Å². The molecule has 0 fully saturated rings. The molecule has 0 atom stereocenters. The maximum atomic E-state index is 11.6. The van der Waals surface area contributed by atoms with E-state index < -0.39 is 0 Å². The number of hydrogen-bond acceptors (Lipinski definition) is 5. The third-order valence-electron chi connectivity index (χ3n) is 5.46. The van der Waals surface area contributed by atoms with Crippen LogP contribution in [0.1, 0.15) is 37.5 Å². The van der Waals surface area contributed by atoms with Gasteiger partial charge in [0.25, 0.3) is 0 Å². The summed E-state index contributed by atoms with van der Waals surface area (Å²) in [7, 11) is 2.10. The monoisotopic (exact) mass is 422 g/mol. The minimum absolute atomic E-state index is 0.0752. The Hall–Kier alpha value is -2.99. The van der Waals surface area contributed by atoms with E-state index in [1.54, 1.807) is 0 Å². The summed E-state index contributed by atoms with van der Waals surface area (Å²) in [5.41, 5.74) is 2.88. The Balaban J connectivity index is 1.21. The highest BCUT2D eigenvalue weighted by Crippen LogP contribution is 2.29. The molecule has 1 amide bonds. The third-order valence-corrected chi connectivity index (χ3v) is 5.46. The van der Waals surface area contributed by atoms with Gasteiger partial charge in [0.15, 0.2) is 11.3 Å². The maximum Gasteiger partial charge on any atom is 0.224 e. The molecular weight excluding hydrogens is 392 g/mol. The number of unbranched alkanes of at least 4 members (excludes halogenated alkanes) is 1. The van der Waals surface area contributed by atoms with E-state index in [1.807, 2.05) is 43.3 Å². The summed E-state index contributed by atoms with van der Waals surface area (Å²) in [5, 5.41) is 3.99. The number of rotatable bonds is 10. The first-order chi connectivity index (χ1) is 15.1. The van der Waals surface area contributed by atoms with Gasteiger partial charge in [-0.25, -0.2) is 0 Å². The number of nitrogens with one attached hydrogen (secondary N) is 1. The van der Waals surface area contributed by atoms with Crippen LogP contribution in [0.3, 0.4) is 0 Å². The molecule has 0 saturated carbocycles. The zero-order valence-corrected chi connectivity index (χ0v) is 18.3. The predicted octanol–water partition coefficient (Wildman–Crippen LogP) is 5.01. The molecule has 0 aliphatic carbocycles. The SMILES string of the molecule is CCOc1cccc2cc(CN(C)CCCCOc3ccc4c(c3)NC(=O)CC4)oc12. The molecule has 0 spiro atoms. The highest BCUT2D eigenvalue weighted by molar-refractivity contribution is 5.94. The Morgan fingerprint density at radius 2 is 2.00 bits per heavy atom. The summed E-state index contributed by atoms with van der Waals surface area (Å²) >= 11 is 0. The fourth-order valence-corrected chi connectivity index (χ4v) is 3.90. The smallest absolute Gasteiger partial charge is 0.224 e. The minimum atomic E-state index is 0.0752. The van der Waals surface area contributed by atoms with E-state index in [4.69, 9.17) is 13.9 Å².